The van der Waals surface area contributed by atoms with Gasteiger partial charge in [0.05, 0.1) is 24.1 Å². The Morgan fingerprint density at radius 2 is 2.04 bits per heavy atom. The predicted octanol–water partition coefficient (Wildman–Crippen LogP) is 2.25. The van der Waals surface area contributed by atoms with Crippen molar-refractivity contribution < 1.29 is 9.53 Å². The molecule has 2 aromatic rings. The van der Waals surface area contributed by atoms with E-state index in [0.717, 1.165) is 38.2 Å². The lowest BCUT2D eigenvalue weighted by Crippen LogP contribution is -2.39. The van der Waals surface area contributed by atoms with Crippen LogP contribution in [-0.4, -0.2) is 64.1 Å². The van der Waals surface area contributed by atoms with E-state index in [2.05, 4.69) is 20.6 Å². The quantitative estimate of drug-likeness (QED) is 0.756. The first-order valence-electron chi connectivity index (χ1n) is 9.59. The number of ether oxygens (including phenoxy) is 1. The molecule has 2 aromatic heterocycles. The van der Waals surface area contributed by atoms with Crippen molar-refractivity contribution in [3.63, 3.8) is 0 Å². The number of amides is 1. The van der Waals surface area contributed by atoms with Crippen molar-refractivity contribution in [2.24, 2.45) is 5.92 Å². The molecule has 28 heavy (non-hydrogen) atoms. The lowest BCUT2D eigenvalue weighted by molar-refractivity contribution is 0.0686. The van der Waals surface area contributed by atoms with Crippen molar-refractivity contribution in [2.45, 2.75) is 33.1 Å². The number of nitrogens with one attached hydrogen (secondary N) is 1. The molecule has 1 aliphatic heterocycles. The molecule has 1 N–H and O–H groups in total. The van der Waals surface area contributed by atoms with Gasteiger partial charge in [0.15, 0.2) is 5.82 Å². The van der Waals surface area contributed by atoms with Gasteiger partial charge in [0.25, 0.3) is 5.91 Å². The molecule has 3 rings (SSSR count). The van der Waals surface area contributed by atoms with Crippen molar-refractivity contribution in [3.8, 4) is 11.7 Å². The van der Waals surface area contributed by atoms with Crippen LogP contribution in [0.4, 0.5) is 0 Å². The second-order valence-electron chi connectivity index (χ2n) is 6.85. The zero-order valence-corrected chi connectivity index (χ0v) is 17.5. The van der Waals surface area contributed by atoms with Crippen LogP contribution in [0, 0.1) is 12.8 Å². The summed E-state index contributed by atoms with van der Waals surface area (Å²) in [5.74, 6) is 1.79. The molecule has 0 radical (unpaired) electrons. The van der Waals surface area contributed by atoms with Gasteiger partial charge >= 0.3 is 0 Å². The lowest BCUT2D eigenvalue weighted by Gasteiger charge is -2.32. The van der Waals surface area contributed by atoms with E-state index < -0.39 is 0 Å². The van der Waals surface area contributed by atoms with Crippen LogP contribution in [0.5, 0.6) is 5.88 Å². The van der Waals surface area contributed by atoms with Crippen molar-refractivity contribution in [3.05, 3.63) is 29.6 Å². The van der Waals surface area contributed by atoms with E-state index in [1.165, 1.54) is 6.42 Å². The molecular weight excluding hydrogens is 380 g/mol. The summed E-state index contributed by atoms with van der Waals surface area (Å²) >= 11 is 0. The molecule has 0 unspecified atom stereocenters. The maximum absolute atomic E-state index is 12.9. The number of hydrogen-bond donors (Lipinski definition) is 1. The van der Waals surface area contributed by atoms with E-state index in [1.807, 2.05) is 25.8 Å². The van der Waals surface area contributed by atoms with Gasteiger partial charge in [-0.25, -0.2) is 4.68 Å². The van der Waals surface area contributed by atoms with Gasteiger partial charge < -0.3 is 15.0 Å². The van der Waals surface area contributed by atoms with Gasteiger partial charge in [-0.3, -0.25) is 4.79 Å². The highest BCUT2D eigenvalue weighted by molar-refractivity contribution is 5.95. The number of nitrogens with zero attached hydrogens (tertiary/aromatic N) is 5. The molecule has 0 saturated carbocycles. The standard InChI is InChI=1S/C19H28N6O2.ClH/c1-4-27-18-6-5-17(22-23-18)25-14(2)16(13-21-25)19(26)24-11-8-15(9-12-24)7-10-20-3;/h5-6,13,15,20H,4,7-12H2,1-3H3;1H. The summed E-state index contributed by atoms with van der Waals surface area (Å²) in [4.78, 5) is 14.9. The van der Waals surface area contributed by atoms with E-state index in [1.54, 1.807) is 23.0 Å². The van der Waals surface area contributed by atoms with Gasteiger partial charge in [-0.15, -0.1) is 22.6 Å². The first kappa shape index (κ1) is 22.1. The number of likely N-dealkylation sites (tertiary alicyclic amines) is 1. The Labute approximate surface area is 172 Å². The van der Waals surface area contributed by atoms with E-state index in [-0.39, 0.29) is 18.3 Å². The third-order valence-electron chi connectivity index (χ3n) is 5.08. The van der Waals surface area contributed by atoms with Crippen LogP contribution in [0.25, 0.3) is 5.82 Å². The molecule has 0 bridgehead atoms. The molecule has 9 heteroatoms. The minimum absolute atomic E-state index is 0. The Morgan fingerprint density at radius 3 is 2.64 bits per heavy atom. The minimum atomic E-state index is 0. The summed E-state index contributed by atoms with van der Waals surface area (Å²) in [6, 6.07) is 3.55. The number of halogens is 1. The molecule has 1 aliphatic rings. The van der Waals surface area contributed by atoms with Gasteiger partial charge in [0, 0.05) is 19.2 Å². The molecule has 154 valence electrons. The summed E-state index contributed by atoms with van der Waals surface area (Å²) in [7, 11) is 1.98. The highest BCUT2D eigenvalue weighted by Gasteiger charge is 2.26. The predicted molar refractivity (Wildman–Crippen MR) is 109 cm³/mol. The minimum Gasteiger partial charge on any atom is -0.477 e. The molecular formula is C19H29ClN6O2. The van der Waals surface area contributed by atoms with Crippen molar-refractivity contribution >= 4 is 18.3 Å². The molecule has 1 saturated heterocycles. The second kappa shape index (κ2) is 10.4. The largest absolute Gasteiger partial charge is 0.477 e. The van der Waals surface area contributed by atoms with Crippen LogP contribution in [0.1, 0.15) is 42.2 Å². The van der Waals surface area contributed by atoms with Gasteiger partial charge in [-0.05, 0) is 58.7 Å². The fraction of sp³-hybridized carbons (Fsp3) is 0.579. The Morgan fingerprint density at radius 1 is 1.29 bits per heavy atom. The van der Waals surface area contributed by atoms with Gasteiger partial charge in [-0.2, -0.15) is 5.10 Å². The third kappa shape index (κ3) is 4.99. The highest BCUT2D eigenvalue weighted by Crippen LogP contribution is 2.23. The SMILES string of the molecule is CCOc1ccc(-n2ncc(C(=O)N3CCC(CCNC)CC3)c2C)nn1.Cl. The number of piperidine rings is 1. The number of hydrogen-bond acceptors (Lipinski definition) is 6. The molecule has 3 heterocycles. The zero-order chi connectivity index (χ0) is 19.2. The van der Waals surface area contributed by atoms with Crippen molar-refractivity contribution in [1.82, 2.24) is 30.2 Å². The van der Waals surface area contributed by atoms with Gasteiger partial charge in [0.1, 0.15) is 0 Å². The molecule has 0 aromatic carbocycles. The lowest BCUT2D eigenvalue weighted by atomic mass is 9.93. The maximum Gasteiger partial charge on any atom is 0.257 e. The number of carbonyl (C=O) groups is 1. The Bertz CT molecular complexity index is 756. The van der Waals surface area contributed by atoms with Crippen LogP contribution in [-0.2, 0) is 0 Å². The summed E-state index contributed by atoms with van der Waals surface area (Å²) < 4.78 is 6.96. The van der Waals surface area contributed by atoms with Crippen LogP contribution in [0.3, 0.4) is 0 Å². The van der Waals surface area contributed by atoms with Crippen LogP contribution < -0.4 is 10.1 Å². The van der Waals surface area contributed by atoms with Gasteiger partial charge in [-0.1, -0.05) is 0 Å². The smallest absolute Gasteiger partial charge is 0.257 e. The average Bonchev–Trinajstić information content (AvgIpc) is 3.08. The maximum atomic E-state index is 12.9. The fourth-order valence-corrected chi connectivity index (χ4v) is 3.44. The Hall–Kier alpha value is -2.19. The molecule has 0 atom stereocenters. The molecule has 8 nitrogen and oxygen atoms in total. The monoisotopic (exact) mass is 408 g/mol. The van der Waals surface area contributed by atoms with Gasteiger partial charge in [0.2, 0.25) is 5.88 Å². The Kier molecular flexibility index (Phi) is 8.19. The van der Waals surface area contributed by atoms with Crippen LogP contribution >= 0.6 is 12.4 Å². The van der Waals surface area contributed by atoms with E-state index >= 15 is 0 Å². The molecule has 0 aliphatic carbocycles. The van der Waals surface area contributed by atoms with E-state index in [9.17, 15) is 4.79 Å². The topological polar surface area (TPSA) is 85.2 Å². The zero-order valence-electron chi connectivity index (χ0n) is 16.7. The number of carbonyl (C=O) groups excluding carboxylic acids is 1. The molecule has 1 fully saturated rings. The third-order valence-corrected chi connectivity index (χ3v) is 5.08. The second-order valence-corrected chi connectivity index (χ2v) is 6.85. The summed E-state index contributed by atoms with van der Waals surface area (Å²) in [5, 5.41) is 15.7. The summed E-state index contributed by atoms with van der Waals surface area (Å²) in [6.45, 7) is 6.97. The van der Waals surface area contributed by atoms with Crippen LogP contribution in [0.2, 0.25) is 0 Å². The van der Waals surface area contributed by atoms with E-state index in [0.29, 0.717) is 29.8 Å². The Balaban J connectivity index is 0.00000280. The first-order valence-corrected chi connectivity index (χ1v) is 9.59. The van der Waals surface area contributed by atoms with Crippen LogP contribution in [0.15, 0.2) is 18.3 Å². The van der Waals surface area contributed by atoms with Crippen molar-refractivity contribution in [1.29, 1.82) is 0 Å². The summed E-state index contributed by atoms with van der Waals surface area (Å²) in [5.41, 5.74) is 1.40. The number of rotatable bonds is 7. The average molecular weight is 409 g/mol. The normalized spacial score (nSPS) is 14.6. The van der Waals surface area contributed by atoms with E-state index in [4.69, 9.17) is 4.74 Å². The molecule has 1 amide bonds. The van der Waals surface area contributed by atoms with Crippen molar-refractivity contribution in [2.75, 3.05) is 33.3 Å². The summed E-state index contributed by atoms with van der Waals surface area (Å²) in [6.07, 6.45) is 4.92. The number of aromatic nitrogens is 4. The highest BCUT2D eigenvalue weighted by atomic mass is 35.5. The first-order chi connectivity index (χ1) is 13.1. The fourth-order valence-electron chi connectivity index (χ4n) is 3.44. The molecule has 0 spiro atoms.